The largest absolute Gasteiger partial charge is 0.786 e. The highest BCUT2D eigenvalue weighted by Crippen LogP contribution is 2.22. The molecule has 0 atom stereocenters. The average Bonchev–Trinajstić information content (AvgIpc) is 2.96. The molecule has 0 aliphatic rings. The number of hydrogen-bond acceptors (Lipinski definition) is 3. The summed E-state index contributed by atoms with van der Waals surface area (Å²) in [5.74, 6) is 0. The fraction of sp³-hybridized carbons (Fsp3) is 0.500. The Kier molecular flexibility index (Phi) is 8.76. The van der Waals surface area contributed by atoms with Crippen LogP contribution in [0.1, 0.15) is 13.8 Å². The van der Waals surface area contributed by atoms with E-state index in [1.54, 1.807) is 0 Å². The first kappa shape index (κ1) is 19.5. The van der Waals surface area contributed by atoms with Gasteiger partial charge in [0.2, 0.25) is 12.7 Å². The van der Waals surface area contributed by atoms with Crippen molar-refractivity contribution < 1.29 is 27.7 Å². The Morgan fingerprint density at radius 2 is 1.29 bits per heavy atom. The van der Waals surface area contributed by atoms with Crippen molar-refractivity contribution in [2.75, 3.05) is 0 Å². The van der Waals surface area contributed by atoms with Gasteiger partial charge in [0, 0.05) is 0 Å². The average molecular weight is 320 g/mol. The van der Waals surface area contributed by atoms with E-state index in [2.05, 4.69) is 48.0 Å². The lowest BCUT2D eigenvalue weighted by Gasteiger charge is -2.15. The van der Waals surface area contributed by atoms with Gasteiger partial charge in [-0.1, -0.05) is 0 Å². The normalized spacial score (nSPS) is 10.2. The lowest BCUT2D eigenvalue weighted by molar-refractivity contribution is -0.693. The Morgan fingerprint density at radius 1 is 1.00 bits per heavy atom. The number of rotatable bonds is 2. The molecule has 0 radical (unpaired) electrons. The van der Waals surface area contributed by atoms with Crippen LogP contribution in [0.4, 0.5) is 4.20 Å². The van der Waals surface area contributed by atoms with Crippen molar-refractivity contribution >= 4 is 7.91 Å². The standard InChI is InChI=1S/2C6H11N2.FH2O3P/c2*1-3-8-5-4-7(2)6-8;1-5(2,3)4/h2*4-6H,3H2,1-2H3;(H2,2,3,4)/q2*+1;/p-2. The van der Waals surface area contributed by atoms with Crippen molar-refractivity contribution in [1.29, 1.82) is 0 Å². The minimum absolute atomic E-state index is 1.06. The molecule has 0 amide bonds. The smallest absolute Gasteiger partial charge is 0.243 e. The van der Waals surface area contributed by atoms with Crippen molar-refractivity contribution in [2.24, 2.45) is 14.1 Å². The van der Waals surface area contributed by atoms with Crippen LogP contribution in [0.5, 0.6) is 0 Å². The molecule has 0 bridgehead atoms. The van der Waals surface area contributed by atoms with Crippen LogP contribution in [-0.2, 0) is 31.7 Å². The fourth-order valence-corrected chi connectivity index (χ4v) is 1.38. The summed E-state index contributed by atoms with van der Waals surface area (Å²) in [6.45, 7) is 6.36. The molecule has 2 rings (SSSR count). The summed E-state index contributed by atoms with van der Waals surface area (Å²) in [5, 5.41) is 0. The summed E-state index contributed by atoms with van der Waals surface area (Å²) < 4.78 is 26.9. The van der Waals surface area contributed by atoms with Crippen molar-refractivity contribution in [3.05, 3.63) is 37.4 Å². The fourth-order valence-electron chi connectivity index (χ4n) is 1.38. The van der Waals surface area contributed by atoms with Crippen LogP contribution in [0.3, 0.4) is 0 Å². The molecule has 0 saturated carbocycles. The van der Waals surface area contributed by atoms with Gasteiger partial charge in [-0.2, -0.15) is 0 Å². The van der Waals surface area contributed by atoms with E-state index in [-0.39, 0.29) is 0 Å². The highest BCUT2D eigenvalue weighted by Gasteiger charge is 1.93. The first-order valence-electron chi connectivity index (χ1n) is 6.39. The summed E-state index contributed by atoms with van der Waals surface area (Å²) in [6.07, 6.45) is 12.3. The van der Waals surface area contributed by atoms with E-state index in [0.29, 0.717) is 0 Å². The van der Waals surface area contributed by atoms with Crippen LogP contribution in [0.2, 0.25) is 0 Å². The van der Waals surface area contributed by atoms with E-state index < -0.39 is 7.91 Å². The Balaban J connectivity index is 0.000000296. The Morgan fingerprint density at radius 3 is 1.38 bits per heavy atom. The third-order valence-corrected chi connectivity index (χ3v) is 2.38. The molecule has 0 aliphatic heterocycles. The number of hydrogen-bond donors (Lipinski definition) is 0. The molecular weight excluding hydrogens is 298 g/mol. The molecule has 0 aromatic carbocycles. The number of aromatic nitrogens is 4. The van der Waals surface area contributed by atoms with Gasteiger partial charge in [-0.15, -0.1) is 0 Å². The molecule has 2 aromatic rings. The molecule has 21 heavy (non-hydrogen) atoms. The van der Waals surface area contributed by atoms with E-state index >= 15 is 0 Å². The van der Waals surface area contributed by atoms with E-state index in [9.17, 15) is 4.20 Å². The number of halogens is 1. The Labute approximate surface area is 124 Å². The van der Waals surface area contributed by atoms with Crippen LogP contribution in [0.25, 0.3) is 0 Å². The predicted octanol–water partition coefficient (Wildman–Crippen LogP) is -0.550. The van der Waals surface area contributed by atoms with Crippen molar-refractivity contribution in [1.82, 2.24) is 9.13 Å². The zero-order valence-corrected chi connectivity index (χ0v) is 13.6. The van der Waals surface area contributed by atoms with E-state index in [0.717, 1.165) is 13.1 Å². The zero-order chi connectivity index (χ0) is 16.5. The molecule has 0 aliphatic carbocycles. The number of nitrogens with zero attached hydrogens (tertiary/aromatic N) is 4. The second-order valence-electron chi connectivity index (χ2n) is 4.25. The second kappa shape index (κ2) is 9.44. The molecule has 120 valence electrons. The summed E-state index contributed by atoms with van der Waals surface area (Å²) in [6, 6.07) is 0. The van der Waals surface area contributed by atoms with Crippen molar-refractivity contribution in [3.63, 3.8) is 0 Å². The molecular formula is C12H22FN4O3P. The Bertz CT molecular complexity index is 516. The molecule has 9 heteroatoms. The molecule has 0 unspecified atom stereocenters. The van der Waals surface area contributed by atoms with E-state index in [1.807, 2.05) is 35.6 Å². The molecule has 0 saturated heterocycles. The quantitative estimate of drug-likeness (QED) is 0.550. The monoisotopic (exact) mass is 320 g/mol. The molecule has 2 heterocycles. The SMILES string of the molecule is CC[n+]1ccn(C)c1.CC[n+]1ccn(C)c1.O=P([O-])([O-])F. The maximum absolute atomic E-state index is 10.1. The molecule has 2 aromatic heterocycles. The van der Waals surface area contributed by atoms with Gasteiger partial charge < -0.3 is 14.4 Å². The maximum Gasteiger partial charge on any atom is 0.243 e. The van der Waals surface area contributed by atoms with Gasteiger partial charge in [0.25, 0.3) is 0 Å². The summed E-state index contributed by atoms with van der Waals surface area (Å²) in [7, 11) is -1.60. The highest BCUT2D eigenvalue weighted by atomic mass is 31.2. The van der Waals surface area contributed by atoms with Gasteiger partial charge in [0.1, 0.15) is 32.7 Å². The van der Waals surface area contributed by atoms with Crippen LogP contribution in [0, 0.1) is 0 Å². The molecule has 0 spiro atoms. The van der Waals surface area contributed by atoms with Crippen molar-refractivity contribution in [2.45, 2.75) is 26.9 Å². The van der Waals surface area contributed by atoms with Crippen LogP contribution >= 0.6 is 7.91 Å². The zero-order valence-electron chi connectivity index (χ0n) is 12.7. The van der Waals surface area contributed by atoms with Crippen LogP contribution in [-0.4, -0.2) is 9.13 Å². The first-order valence-corrected chi connectivity index (χ1v) is 7.82. The van der Waals surface area contributed by atoms with Gasteiger partial charge in [-0.05, 0) is 13.8 Å². The topological polar surface area (TPSA) is 80.8 Å². The van der Waals surface area contributed by atoms with Gasteiger partial charge in [0.15, 0.2) is 0 Å². The van der Waals surface area contributed by atoms with Gasteiger partial charge >= 0.3 is 0 Å². The summed E-state index contributed by atoms with van der Waals surface area (Å²) in [5.41, 5.74) is 0. The van der Waals surface area contributed by atoms with E-state index in [1.165, 1.54) is 0 Å². The molecule has 0 N–H and O–H groups in total. The van der Waals surface area contributed by atoms with Gasteiger partial charge in [0.05, 0.1) is 27.2 Å². The number of imidazole rings is 2. The minimum Gasteiger partial charge on any atom is -0.786 e. The van der Waals surface area contributed by atoms with Gasteiger partial charge in [-0.25, -0.2) is 22.5 Å². The van der Waals surface area contributed by atoms with Crippen LogP contribution < -0.4 is 18.9 Å². The molecule has 0 fully saturated rings. The van der Waals surface area contributed by atoms with Gasteiger partial charge in [-0.3, -0.25) is 0 Å². The number of aryl methyl sites for hydroxylation is 4. The minimum atomic E-state index is -5.64. The maximum atomic E-state index is 10.1. The summed E-state index contributed by atoms with van der Waals surface area (Å²) in [4.78, 5) is 16.9. The third kappa shape index (κ3) is 12.0. The lowest BCUT2D eigenvalue weighted by Crippen LogP contribution is -2.28. The lowest BCUT2D eigenvalue weighted by atomic mass is 10.7. The Hall–Kier alpha value is -1.50. The summed E-state index contributed by atoms with van der Waals surface area (Å²) >= 11 is 0. The van der Waals surface area contributed by atoms with Crippen LogP contribution in [0.15, 0.2) is 37.4 Å². The first-order chi connectivity index (χ1) is 9.65. The van der Waals surface area contributed by atoms with E-state index in [4.69, 9.17) is 14.4 Å². The van der Waals surface area contributed by atoms with Crippen molar-refractivity contribution in [3.8, 4) is 0 Å². The predicted molar refractivity (Wildman–Crippen MR) is 71.3 cm³/mol. The molecule has 7 nitrogen and oxygen atoms in total. The second-order valence-corrected chi connectivity index (χ2v) is 5.11. The third-order valence-electron chi connectivity index (χ3n) is 2.38. The highest BCUT2D eigenvalue weighted by molar-refractivity contribution is 7.42.